The third-order valence-corrected chi connectivity index (χ3v) is 7.73. The van der Waals surface area contributed by atoms with Crippen LogP contribution < -0.4 is 5.32 Å². The predicted molar refractivity (Wildman–Crippen MR) is 168 cm³/mol. The molecule has 7 aromatic rings. The lowest BCUT2D eigenvalue weighted by molar-refractivity contribution is 0.669. The third kappa shape index (κ3) is 4.17. The van der Waals surface area contributed by atoms with Crippen LogP contribution in [0, 0.1) is 0 Å². The zero-order valence-electron chi connectivity index (χ0n) is 22.2. The summed E-state index contributed by atoms with van der Waals surface area (Å²) in [5, 5.41) is 8.20. The van der Waals surface area contributed by atoms with E-state index >= 15 is 0 Å². The first-order chi connectivity index (χ1) is 20.3. The Balaban J connectivity index is 1.19. The van der Waals surface area contributed by atoms with Gasteiger partial charge in [0.1, 0.15) is 22.8 Å². The van der Waals surface area contributed by atoms with Crippen LogP contribution in [0.2, 0.25) is 0 Å². The fourth-order valence-corrected chi connectivity index (χ4v) is 5.68. The normalized spacial score (nSPS) is 15.1. The van der Waals surface area contributed by atoms with Gasteiger partial charge in [0.2, 0.25) is 0 Å². The second-order valence-electron chi connectivity index (χ2n) is 10.3. The molecular weight excluding hydrogens is 502 g/mol. The van der Waals surface area contributed by atoms with Crippen LogP contribution in [0.25, 0.3) is 43.8 Å². The maximum absolute atomic E-state index is 6.13. The SMILES string of the molecule is c1ccc(C2N=C(c3ccc(-c4cccc5oc6ccccc6c45)cc3)NC(c3ccc4ccccc4c3)=N2)cc1. The van der Waals surface area contributed by atoms with E-state index in [1.807, 2.05) is 36.4 Å². The summed E-state index contributed by atoms with van der Waals surface area (Å²) in [6.07, 6.45) is -0.334. The Labute approximate surface area is 237 Å². The quantitative estimate of drug-likeness (QED) is 0.248. The standard InChI is InChI=1S/C37H25N3O/c1-2-10-26(11-3-1)35-38-36(40-37(39-35)29-22-17-24-9-4-5-12-28(24)23-29)27-20-18-25(19-21-27)30-14-8-16-33-34(30)31-13-6-7-15-32(31)41-33/h1-23,35H,(H,38,39,40). The van der Waals surface area contributed by atoms with E-state index in [4.69, 9.17) is 14.4 Å². The average Bonchev–Trinajstić information content (AvgIpc) is 3.44. The number of benzene rings is 6. The lowest BCUT2D eigenvalue weighted by Crippen LogP contribution is -2.36. The van der Waals surface area contributed by atoms with Crippen LogP contribution >= 0.6 is 0 Å². The summed E-state index contributed by atoms with van der Waals surface area (Å²) in [7, 11) is 0. The number of amidine groups is 2. The van der Waals surface area contributed by atoms with Gasteiger partial charge in [0, 0.05) is 21.9 Å². The van der Waals surface area contributed by atoms with Crippen LogP contribution in [0.3, 0.4) is 0 Å². The van der Waals surface area contributed by atoms with Gasteiger partial charge in [0.25, 0.3) is 0 Å². The molecule has 8 rings (SSSR count). The van der Waals surface area contributed by atoms with Crippen molar-refractivity contribution in [1.29, 1.82) is 0 Å². The summed E-state index contributed by atoms with van der Waals surface area (Å²) in [5.74, 6) is 1.61. The summed E-state index contributed by atoms with van der Waals surface area (Å²) in [4.78, 5) is 10.1. The molecule has 1 aliphatic rings. The van der Waals surface area contributed by atoms with Crippen molar-refractivity contribution >= 4 is 44.4 Å². The van der Waals surface area contributed by atoms with Gasteiger partial charge in [-0.3, -0.25) is 0 Å². The van der Waals surface area contributed by atoms with Gasteiger partial charge in [-0.1, -0.05) is 121 Å². The molecule has 1 aliphatic heterocycles. The Morgan fingerprint density at radius 2 is 1.17 bits per heavy atom. The number of nitrogens with zero attached hydrogens (tertiary/aromatic N) is 2. The zero-order valence-corrected chi connectivity index (χ0v) is 22.2. The molecule has 4 nitrogen and oxygen atoms in total. The second kappa shape index (κ2) is 9.61. The minimum atomic E-state index is -0.334. The molecule has 2 heterocycles. The fraction of sp³-hybridized carbons (Fsp3) is 0.0270. The second-order valence-corrected chi connectivity index (χ2v) is 10.3. The molecule has 4 heteroatoms. The first-order valence-corrected chi connectivity index (χ1v) is 13.8. The molecule has 1 unspecified atom stereocenters. The van der Waals surface area contributed by atoms with Gasteiger partial charge < -0.3 is 9.73 Å². The highest BCUT2D eigenvalue weighted by Crippen LogP contribution is 2.36. The van der Waals surface area contributed by atoms with Crippen LogP contribution in [0.5, 0.6) is 0 Å². The van der Waals surface area contributed by atoms with E-state index in [1.54, 1.807) is 0 Å². The van der Waals surface area contributed by atoms with Gasteiger partial charge in [-0.15, -0.1) is 0 Å². The van der Waals surface area contributed by atoms with Crippen LogP contribution in [0.15, 0.2) is 154 Å². The van der Waals surface area contributed by atoms with E-state index in [9.17, 15) is 0 Å². The van der Waals surface area contributed by atoms with Crippen molar-refractivity contribution in [3.8, 4) is 11.1 Å². The third-order valence-electron chi connectivity index (χ3n) is 7.73. The largest absolute Gasteiger partial charge is 0.456 e. The van der Waals surface area contributed by atoms with Crippen molar-refractivity contribution < 1.29 is 4.42 Å². The number of para-hydroxylation sites is 1. The summed E-state index contributed by atoms with van der Waals surface area (Å²) in [6.45, 7) is 0. The van der Waals surface area contributed by atoms with E-state index in [-0.39, 0.29) is 6.17 Å². The molecule has 0 radical (unpaired) electrons. The van der Waals surface area contributed by atoms with Gasteiger partial charge in [0.05, 0.1) is 0 Å². The van der Waals surface area contributed by atoms with Crippen molar-refractivity contribution in [2.45, 2.75) is 6.17 Å². The lowest BCUT2D eigenvalue weighted by Gasteiger charge is -2.22. The van der Waals surface area contributed by atoms with E-state index in [0.717, 1.165) is 61.4 Å². The lowest BCUT2D eigenvalue weighted by atomic mass is 9.98. The van der Waals surface area contributed by atoms with Crippen molar-refractivity contribution in [3.05, 3.63) is 156 Å². The van der Waals surface area contributed by atoms with Crippen molar-refractivity contribution in [2.75, 3.05) is 0 Å². The highest BCUT2D eigenvalue weighted by molar-refractivity contribution is 6.17. The maximum atomic E-state index is 6.13. The Hall–Kier alpha value is -5.48. The number of rotatable bonds is 4. The van der Waals surface area contributed by atoms with Crippen molar-refractivity contribution in [1.82, 2.24) is 5.32 Å². The molecule has 0 aliphatic carbocycles. The number of furan rings is 1. The molecule has 6 aromatic carbocycles. The average molecular weight is 528 g/mol. The maximum Gasteiger partial charge on any atom is 0.169 e. The van der Waals surface area contributed by atoms with Crippen molar-refractivity contribution in [2.24, 2.45) is 9.98 Å². The Morgan fingerprint density at radius 1 is 0.512 bits per heavy atom. The Morgan fingerprint density at radius 3 is 2.02 bits per heavy atom. The minimum Gasteiger partial charge on any atom is -0.456 e. The van der Waals surface area contributed by atoms with Crippen molar-refractivity contribution in [3.63, 3.8) is 0 Å². The van der Waals surface area contributed by atoms with Gasteiger partial charge in [-0.05, 0) is 45.7 Å². The van der Waals surface area contributed by atoms with Crippen LogP contribution in [-0.4, -0.2) is 11.7 Å². The number of fused-ring (bicyclic) bond motifs is 4. The summed E-state index contributed by atoms with van der Waals surface area (Å²) >= 11 is 0. The Bertz CT molecular complexity index is 2120. The highest BCUT2D eigenvalue weighted by Gasteiger charge is 2.21. The molecule has 0 saturated heterocycles. The van der Waals surface area contributed by atoms with Crippen LogP contribution in [-0.2, 0) is 0 Å². The molecule has 0 bridgehead atoms. The van der Waals surface area contributed by atoms with Gasteiger partial charge >= 0.3 is 0 Å². The van der Waals surface area contributed by atoms with Crippen LogP contribution in [0.1, 0.15) is 22.9 Å². The first kappa shape index (κ1) is 23.4. The molecule has 1 aromatic heterocycles. The number of aliphatic imine (C=N–C) groups is 2. The number of nitrogens with one attached hydrogen (secondary N) is 1. The van der Waals surface area contributed by atoms with E-state index in [0.29, 0.717) is 0 Å². The van der Waals surface area contributed by atoms with E-state index in [1.165, 1.54) is 10.8 Å². The molecule has 41 heavy (non-hydrogen) atoms. The monoisotopic (exact) mass is 527 g/mol. The van der Waals surface area contributed by atoms with Gasteiger partial charge in [0.15, 0.2) is 6.17 Å². The first-order valence-electron chi connectivity index (χ1n) is 13.8. The van der Waals surface area contributed by atoms with Crippen LogP contribution in [0.4, 0.5) is 0 Å². The highest BCUT2D eigenvalue weighted by atomic mass is 16.3. The summed E-state index contributed by atoms with van der Waals surface area (Å²) < 4.78 is 6.13. The number of hydrogen-bond donors (Lipinski definition) is 1. The van der Waals surface area contributed by atoms with E-state index < -0.39 is 0 Å². The summed E-state index contributed by atoms with van der Waals surface area (Å²) in [5.41, 5.74) is 7.18. The van der Waals surface area contributed by atoms with E-state index in [2.05, 4.69) is 108 Å². The molecule has 0 amide bonds. The van der Waals surface area contributed by atoms with Gasteiger partial charge in [-0.2, -0.15) is 0 Å². The zero-order chi connectivity index (χ0) is 27.2. The molecule has 0 fully saturated rings. The van der Waals surface area contributed by atoms with Gasteiger partial charge in [-0.25, -0.2) is 9.98 Å². The molecule has 1 N–H and O–H groups in total. The molecule has 0 spiro atoms. The summed E-state index contributed by atoms with van der Waals surface area (Å²) in [6, 6.07) is 48.1. The molecule has 1 atom stereocenters. The topological polar surface area (TPSA) is 49.9 Å². The minimum absolute atomic E-state index is 0.334. The smallest absolute Gasteiger partial charge is 0.169 e. The molecule has 0 saturated carbocycles. The molecule has 194 valence electrons. The molecular formula is C37H25N3O. The Kier molecular flexibility index (Phi) is 5.49. The predicted octanol–water partition coefficient (Wildman–Crippen LogP) is 8.90. The fourth-order valence-electron chi connectivity index (χ4n) is 5.68. The number of hydrogen-bond acceptors (Lipinski definition) is 4.